The first-order chi connectivity index (χ1) is 12.0. The highest BCUT2D eigenvalue weighted by atomic mass is 16.5. The first-order valence-electron chi connectivity index (χ1n) is 8.65. The van der Waals surface area contributed by atoms with E-state index in [0.29, 0.717) is 36.5 Å². The van der Waals surface area contributed by atoms with Gasteiger partial charge in [-0.15, -0.1) is 0 Å². The smallest absolute Gasteiger partial charge is 0.262 e. The number of nitrogens with one attached hydrogen (secondary N) is 1. The molecule has 0 saturated heterocycles. The lowest BCUT2D eigenvalue weighted by molar-refractivity contribution is -0.129. The monoisotopic (exact) mass is 344 g/mol. The highest BCUT2D eigenvalue weighted by Crippen LogP contribution is 2.30. The fraction of sp³-hybridized carbons (Fsp3) is 0.526. The highest BCUT2D eigenvalue weighted by molar-refractivity contribution is 5.82. The second-order valence-electron chi connectivity index (χ2n) is 6.26. The molecule has 0 bridgehead atoms. The van der Waals surface area contributed by atoms with Crippen LogP contribution in [0.2, 0.25) is 0 Å². The largest absolute Gasteiger partial charge is 0.490 e. The predicted octanol–water partition coefficient (Wildman–Crippen LogP) is 3.01. The van der Waals surface area contributed by atoms with Gasteiger partial charge in [-0.1, -0.05) is 19.3 Å². The van der Waals surface area contributed by atoms with Gasteiger partial charge in [0.25, 0.3) is 5.91 Å². The number of hydrogen-bond acceptors (Lipinski definition) is 5. The second kappa shape index (κ2) is 8.52. The minimum Gasteiger partial charge on any atom is -0.490 e. The van der Waals surface area contributed by atoms with Gasteiger partial charge in [-0.3, -0.25) is 9.59 Å². The lowest BCUT2D eigenvalue weighted by Gasteiger charge is -2.32. The van der Waals surface area contributed by atoms with Crippen LogP contribution >= 0.6 is 0 Å². The van der Waals surface area contributed by atoms with Gasteiger partial charge in [0.05, 0.1) is 12.7 Å². The van der Waals surface area contributed by atoms with Crippen molar-refractivity contribution in [2.45, 2.75) is 57.6 Å². The van der Waals surface area contributed by atoms with E-state index in [1.807, 2.05) is 6.92 Å². The molecule has 1 N–H and O–H groups in total. The maximum atomic E-state index is 12.5. The molecule has 1 aliphatic rings. The van der Waals surface area contributed by atoms with E-state index in [0.717, 1.165) is 25.5 Å². The Labute approximate surface area is 148 Å². The predicted molar refractivity (Wildman–Crippen MR) is 92.7 cm³/mol. The maximum Gasteiger partial charge on any atom is 0.262 e. The number of rotatable bonds is 7. The molecule has 134 valence electrons. The van der Waals surface area contributed by atoms with E-state index < -0.39 is 11.6 Å². The van der Waals surface area contributed by atoms with Crippen LogP contribution in [-0.4, -0.2) is 30.4 Å². The van der Waals surface area contributed by atoms with Crippen LogP contribution in [0.4, 0.5) is 0 Å². The normalized spacial score (nSPS) is 17.0. The molecule has 0 heterocycles. The molecule has 0 unspecified atom stereocenters. The van der Waals surface area contributed by atoms with Crippen molar-refractivity contribution in [3.63, 3.8) is 0 Å². The molecule has 6 nitrogen and oxygen atoms in total. The van der Waals surface area contributed by atoms with E-state index in [-0.39, 0.29) is 5.91 Å². The van der Waals surface area contributed by atoms with E-state index in [9.17, 15) is 14.9 Å². The summed E-state index contributed by atoms with van der Waals surface area (Å²) in [6.07, 6.45) is 4.23. The van der Waals surface area contributed by atoms with Crippen molar-refractivity contribution < 1.29 is 19.1 Å². The summed E-state index contributed by atoms with van der Waals surface area (Å²) in [4.78, 5) is 23.4. The van der Waals surface area contributed by atoms with E-state index in [4.69, 9.17) is 9.47 Å². The fourth-order valence-corrected chi connectivity index (χ4v) is 2.97. The summed E-state index contributed by atoms with van der Waals surface area (Å²) in [5.41, 5.74) is -0.324. The van der Waals surface area contributed by atoms with Gasteiger partial charge in [0.15, 0.2) is 17.6 Å². The Morgan fingerprint density at radius 3 is 2.68 bits per heavy atom. The zero-order chi connectivity index (χ0) is 18.3. The van der Waals surface area contributed by atoms with Gasteiger partial charge in [0.1, 0.15) is 11.8 Å². The van der Waals surface area contributed by atoms with Crippen LogP contribution in [0.1, 0.15) is 56.3 Å². The van der Waals surface area contributed by atoms with Gasteiger partial charge in [0, 0.05) is 5.56 Å². The summed E-state index contributed by atoms with van der Waals surface area (Å²) >= 11 is 0. The molecule has 0 spiro atoms. The molecule has 1 atom stereocenters. The Kier molecular flexibility index (Phi) is 6.40. The number of ether oxygens (including phenoxy) is 2. The van der Waals surface area contributed by atoms with Crippen molar-refractivity contribution in [1.29, 1.82) is 5.26 Å². The zero-order valence-electron chi connectivity index (χ0n) is 14.7. The average Bonchev–Trinajstić information content (AvgIpc) is 2.64. The fourth-order valence-electron chi connectivity index (χ4n) is 2.97. The third-order valence-electron chi connectivity index (χ3n) is 4.36. The molecule has 1 aromatic rings. The molecule has 1 saturated carbocycles. The van der Waals surface area contributed by atoms with E-state index in [1.165, 1.54) is 0 Å². The Hall–Kier alpha value is -2.55. The molecule has 1 aromatic carbocycles. The Morgan fingerprint density at radius 1 is 1.36 bits per heavy atom. The lowest BCUT2D eigenvalue weighted by atomic mass is 9.83. The minimum absolute atomic E-state index is 0.328. The van der Waals surface area contributed by atoms with Crippen molar-refractivity contribution in [3.8, 4) is 17.6 Å². The molecule has 0 aliphatic heterocycles. The molecule has 0 aromatic heterocycles. The number of aldehydes is 1. The summed E-state index contributed by atoms with van der Waals surface area (Å²) in [5.74, 6) is 0.481. The van der Waals surface area contributed by atoms with Crippen LogP contribution in [0.3, 0.4) is 0 Å². The van der Waals surface area contributed by atoms with Crippen molar-refractivity contribution in [3.05, 3.63) is 23.8 Å². The number of nitriles is 1. The number of carbonyl (C=O) groups excluding carboxylic acids is 2. The average molecular weight is 344 g/mol. The highest BCUT2D eigenvalue weighted by Gasteiger charge is 2.35. The molecule has 1 amide bonds. The topological polar surface area (TPSA) is 88.4 Å². The van der Waals surface area contributed by atoms with Crippen LogP contribution < -0.4 is 14.8 Å². The van der Waals surface area contributed by atoms with Gasteiger partial charge in [0.2, 0.25) is 0 Å². The van der Waals surface area contributed by atoms with E-state index in [2.05, 4.69) is 11.4 Å². The maximum absolute atomic E-state index is 12.5. The molecule has 2 rings (SSSR count). The number of hydrogen-bond donors (Lipinski definition) is 1. The van der Waals surface area contributed by atoms with Crippen LogP contribution in [0.15, 0.2) is 18.2 Å². The van der Waals surface area contributed by atoms with Gasteiger partial charge in [-0.25, -0.2) is 0 Å². The number of benzene rings is 1. The number of nitrogens with zero attached hydrogens (tertiary/aromatic N) is 1. The van der Waals surface area contributed by atoms with E-state index >= 15 is 0 Å². The lowest BCUT2D eigenvalue weighted by Crippen LogP contribution is -2.52. The van der Waals surface area contributed by atoms with E-state index in [1.54, 1.807) is 25.1 Å². The SMILES string of the molecule is CCOc1cc(C=O)ccc1O[C@@H](C)C(=O)NC1(C#N)CCCCC1. The van der Waals surface area contributed by atoms with Gasteiger partial charge in [-0.2, -0.15) is 5.26 Å². The van der Waals surface area contributed by atoms with Gasteiger partial charge < -0.3 is 14.8 Å². The summed E-state index contributed by atoms with van der Waals surface area (Å²) in [7, 11) is 0. The molecular formula is C19H24N2O4. The Balaban J connectivity index is 2.08. The van der Waals surface area contributed by atoms with Gasteiger partial charge >= 0.3 is 0 Å². The third kappa shape index (κ3) is 4.72. The molecule has 25 heavy (non-hydrogen) atoms. The molecule has 6 heteroatoms. The number of amides is 1. The molecule has 1 fully saturated rings. The zero-order valence-corrected chi connectivity index (χ0v) is 14.7. The van der Waals surface area contributed by atoms with Crippen molar-refractivity contribution in [2.24, 2.45) is 0 Å². The van der Waals surface area contributed by atoms with Crippen LogP contribution in [0, 0.1) is 11.3 Å². The minimum atomic E-state index is -0.795. The van der Waals surface area contributed by atoms with Crippen molar-refractivity contribution in [1.82, 2.24) is 5.32 Å². The van der Waals surface area contributed by atoms with Crippen LogP contribution in [-0.2, 0) is 4.79 Å². The molecular weight excluding hydrogens is 320 g/mol. The second-order valence-corrected chi connectivity index (χ2v) is 6.26. The van der Waals surface area contributed by atoms with Gasteiger partial charge in [-0.05, 0) is 44.9 Å². The van der Waals surface area contributed by atoms with Crippen LogP contribution in [0.5, 0.6) is 11.5 Å². The standard InChI is InChI=1S/C19H24N2O4/c1-3-24-17-11-15(12-22)7-8-16(17)25-14(2)18(23)21-19(13-20)9-5-4-6-10-19/h7-8,11-12,14H,3-6,9-10H2,1-2H3,(H,21,23)/t14-/m0/s1. The Morgan fingerprint density at radius 2 is 2.08 bits per heavy atom. The first-order valence-corrected chi connectivity index (χ1v) is 8.65. The summed E-state index contributed by atoms with van der Waals surface area (Å²) < 4.78 is 11.2. The van der Waals surface area contributed by atoms with Crippen LogP contribution in [0.25, 0.3) is 0 Å². The summed E-state index contributed by atoms with van der Waals surface area (Å²) in [5, 5.41) is 12.3. The quantitative estimate of drug-likeness (QED) is 0.768. The first kappa shape index (κ1) is 18.8. The summed E-state index contributed by atoms with van der Waals surface area (Å²) in [6, 6.07) is 7.06. The molecule has 1 aliphatic carbocycles. The third-order valence-corrected chi connectivity index (χ3v) is 4.36. The summed E-state index contributed by atoms with van der Waals surface area (Å²) in [6.45, 7) is 3.87. The molecule has 0 radical (unpaired) electrons. The van der Waals surface area contributed by atoms with Crippen molar-refractivity contribution in [2.75, 3.05) is 6.61 Å². The number of carbonyl (C=O) groups is 2. The van der Waals surface area contributed by atoms with Crippen molar-refractivity contribution >= 4 is 12.2 Å². The Bertz CT molecular complexity index is 660.